The van der Waals surface area contributed by atoms with Crippen LogP contribution in [0.1, 0.15) is 58.2 Å². The first-order valence-electron chi connectivity index (χ1n) is 9.79. The predicted octanol–water partition coefficient (Wildman–Crippen LogP) is 4.93. The zero-order valence-electron chi connectivity index (χ0n) is 17.2. The molecule has 2 unspecified atom stereocenters. The Kier molecular flexibility index (Phi) is 5.89. The molecule has 1 fully saturated rings. The van der Waals surface area contributed by atoms with Gasteiger partial charge in [-0.2, -0.15) is 23.1 Å². The van der Waals surface area contributed by atoms with Crippen molar-refractivity contribution in [2.75, 3.05) is 0 Å². The van der Waals surface area contributed by atoms with Crippen LogP contribution in [0.4, 0.5) is 22.0 Å². The van der Waals surface area contributed by atoms with Crippen LogP contribution >= 0.6 is 15.9 Å². The number of nitrogens with zero attached hydrogens (tertiary/aromatic N) is 5. The Morgan fingerprint density at radius 1 is 1.32 bits per heavy atom. The molecular weight excluding hydrogens is 527 g/mol. The van der Waals surface area contributed by atoms with Crippen molar-refractivity contribution in [3.63, 3.8) is 0 Å². The van der Waals surface area contributed by atoms with E-state index in [0.717, 1.165) is 6.07 Å². The molecule has 4 rings (SSSR count). The van der Waals surface area contributed by atoms with Gasteiger partial charge in [0.2, 0.25) is 4.73 Å². The summed E-state index contributed by atoms with van der Waals surface area (Å²) in [6.45, 7) is 1.53. The molecule has 7 nitrogen and oxygen atoms in total. The molecule has 1 N–H and O–H groups in total. The van der Waals surface area contributed by atoms with Crippen LogP contribution in [0.3, 0.4) is 0 Å². The van der Waals surface area contributed by atoms with Gasteiger partial charge in [0.25, 0.3) is 11.8 Å². The number of alkyl halides is 5. The number of halogens is 6. The number of carbonyl (C=O) groups excluding carboxylic acids is 1. The molecule has 1 aromatic carbocycles. The van der Waals surface area contributed by atoms with E-state index in [1.807, 2.05) is 6.07 Å². The maximum atomic E-state index is 13.5. The van der Waals surface area contributed by atoms with Crippen molar-refractivity contribution < 1.29 is 26.7 Å². The van der Waals surface area contributed by atoms with E-state index < -0.39 is 47.5 Å². The second kappa shape index (κ2) is 8.43. The lowest BCUT2D eigenvalue weighted by Crippen LogP contribution is -2.29. The van der Waals surface area contributed by atoms with Crippen molar-refractivity contribution in [1.29, 1.82) is 5.26 Å². The van der Waals surface area contributed by atoms with Gasteiger partial charge in [-0.25, -0.2) is 18.7 Å². The lowest BCUT2D eigenvalue weighted by Gasteiger charge is -2.16. The van der Waals surface area contributed by atoms with Gasteiger partial charge >= 0.3 is 6.18 Å². The molecule has 176 valence electrons. The Morgan fingerprint density at radius 2 is 2.03 bits per heavy atom. The van der Waals surface area contributed by atoms with Gasteiger partial charge < -0.3 is 5.32 Å². The topological polar surface area (TPSA) is 96.5 Å². The zero-order chi connectivity index (χ0) is 24.8. The summed E-state index contributed by atoms with van der Waals surface area (Å²) in [6, 6.07) is 6.40. The quantitative estimate of drug-likeness (QED) is 0.463. The van der Waals surface area contributed by atoms with Crippen LogP contribution in [-0.2, 0) is 6.18 Å². The van der Waals surface area contributed by atoms with E-state index in [4.69, 9.17) is 5.26 Å². The molecule has 0 saturated heterocycles. The molecule has 1 aliphatic rings. The van der Waals surface area contributed by atoms with Crippen LogP contribution in [0, 0.1) is 11.3 Å². The second-order valence-corrected chi connectivity index (χ2v) is 8.43. The summed E-state index contributed by atoms with van der Waals surface area (Å²) in [4.78, 5) is 21.1. The van der Waals surface area contributed by atoms with Crippen LogP contribution < -0.4 is 5.32 Å². The van der Waals surface area contributed by atoms with Crippen molar-refractivity contribution in [1.82, 2.24) is 25.1 Å². The number of pyridine rings is 1. The minimum atomic E-state index is -4.81. The molecule has 3 aromatic rings. The van der Waals surface area contributed by atoms with E-state index in [9.17, 15) is 26.7 Å². The number of carbonyl (C=O) groups is 1. The van der Waals surface area contributed by atoms with Crippen LogP contribution in [-0.4, -0.2) is 31.6 Å². The first-order chi connectivity index (χ1) is 15.9. The van der Waals surface area contributed by atoms with Gasteiger partial charge in [-0.05, 0) is 58.7 Å². The fraction of sp³-hybridized carbons (Fsp3) is 0.286. The van der Waals surface area contributed by atoms with E-state index in [-0.39, 0.29) is 21.9 Å². The minimum Gasteiger partial charge on any atom is -0.342 e. The van der Waals surface area contributed by atoms with Crippen molar-refractivity contribution in [3.05, 3.63) is 69.3 Å². The molecule has 2 atom stereocenters. The van der Waals surface area contributed by atoms with Crippen molar-refractivity contribution in [2.24, 2.45) is 0 Å². The molecule has 2 heterocycles. The number of aromatic nitrogens is 4. The molecular formula is C21H14BrF5N6O. The Bertz CT molecular complexity index is 1300. The molecule has 0 spiro atoms. The van der Waals surface area contributed by atoms with Gasteiger partial charge in [0.1, 0.15) is 6.07 Å². The summed E-state index contributed by atoms with van der Waals surface area (Å²) in [7, 11) is 0. The average molecular weight is 541 g/mol. The molecule has 2 aromatic heterocycles. The summed E-state index contributed by atoms with van der Waals surface area (Å²) >= 11 is 3.13. The van der Waals surface area contributed by atoms with E-state index in [2.05, 4.69) is 36.3 Å². The van der Waals surface area contributed by atoms with Crippen LogP contribution in [0.2, 0.25) is 0 Å². The second-order valence-electron chi connectivity index (χ2n) is 7.72. The average Bonchev–Trinajstić information content (AvgIpc) is 3.24. The monoisotopic (exact) mass is 540 g/mol. The first-order valence-corrected chi connectivity index (χ1v) is 10.6. The number of amides is 1. The van der Waals surface area contributed by atoms with Crippen molar-refractivity contribution in [2.45, 2.75) is 37.4 Å². The predicted molar refractivity (Wildman–Crippen MR) is 111 cm³/mol. The highest BCUT2D eigenvalue weighted by Crippen LogP contribution is 2.56. The summed E-state index contributed by atoms with van der Waals surface area (Å²) in [5.41, 5.74) is -1.52. The first kappa shape index (κ1) is 23.7. The zero-order valence-corrected chi connectivity index (χ0v) is 18.8. The number of benzene rings is 1. The third-order valence-corrected chi connectivity index (χ3v) is 5.54. The highest BCUT2D eigenvalue weighted by molar-refractivity contribution is 9.10. The highest BCUT2D eigenvalue weighted by Gasteiger charge is 2.58. The van der Waals surface area contributed by atoms with E-state index in [0.29, 0.717) is 17.7 Å². The molecule has 1 amide bonds. The van der Waals surface area contributed by atoms with Gasteiger partial charge in [0.05, 0.1) is 23.1 Å². The summed E-state index contributed by atoms with van der Waals surface area (Å²) < 4.78 is 68.5. The Morgan fingerprint density at radius 3 is 2.59 bits per heavy atom. The van der Waals surface area contributed by atoms with Crippen molar-refractivity contribution in [3.8, 4) is 11.9 Å². The maximum Gasteiger partial charge on any atom is 0.416 e. The summed E-state index contributed by atoms with van der Waals surface area (Å²) in [5, 5.41) is 15.6. The lowest BCUT2D eigenvalue weighted by atomic mass is 10.0. The fourth-order valence-corrected chi connectivity index (χ4v) is 3.73. The minimum absolute atomic E-state index is 0.159. The number of rotatable bonds is 5. The lowest BCUT2D eigenvalue weighted by molar-refractivity contribution is -0.137. The standard InChI is InChI=1S/C21H14BrF5N6O/c1-10(17-31-19(22)32-33(17)16-3-2-11(8-28)9-29-16)30-18(34)13-4-12(15-7-20(15,23)24)5-14(6-13)21(25,26)27/h2-6,9-10,15H,7H2,1H3,(H,30,34). The SMILES string of the molecule is CC(NC(=O)c1cc(C2CC2(F)F)cc(C(F)(F)F)c1)c1nc(Br)nn1-c1ccc(C#N)cn1. The molecule has 1 saturated carbocycles. The van der Waals surface area contributed by atoms with E-state index >= 15 is 0 Å². The summed E-state index contributed by atoms with van der Waals surface area (Å²) in [6.07, 6.45) is -4.07. The van der Waals surface area contributed by atoms with Gasteiger partial charge in [0.15, 0.2) is 11.6 Å². The third-order valence-electron chi connectivity index (χ3n) is 5.21. The highest BCUT2D eigenvalue weighted by atomic mass is 79.9. The van der Waals surface area contributed by atoms with Gasteiger partial charge in [-0.15, -0.1) is 5.10 Å². The number of hydrogen-bond donors (Lipinski definition) is 1. The van der Waals surface area contributed by atoms with E-state index in [1.165, 1.54) is 29.9 Å². The van der Waals surface area contributed by atoms with Crippen LogP contribution in [0.15, 0.2) is 41.3 Å². The summed E-state index contributed by atoms with van der Waals surface area (Å²) in [5.74, 6) is -4.88. The molecule has 0 aliphatic heterocycles. The Hall–Kier alpha value is -3.40. The van der Waals surface area contributed by atoms with Gasteiger partial charge in [0, 0.05) is 18.2 Å². The molecule has 0 radical (unpaired) electrons. The largest absolute Gasteiger partial charge is 0.416 e. The fourth-order valence-electron chi connectivity index (χ4n) is 3.39. The molecule has 34 heavy (non-hydrogen) atoms. The van der Waals surface area contributed by atoms with Crippen LogP contribution in [0.25, 0.3) is 5.82 Å². The molecule has 1 aliphatic carbocycles. The number of nitrogens with one attached hydrogen (secondary N) is 1. The molecule has 0 bridgehead atoms. The van der Waals surface area contributed by atoms with Crippen molar-refractivity contribution >= 4 is 21.8 Å². The number of hydrogen-bond acceptors (Lipinski definition) is 5. The Balaban J connectivity index is 1.62. The maximum absolute atomic E-state index is 13.5. The molecule has 13 heteroatoms. The van der Waals surface area contributed by atoms with Gasteiger partial charge in [-0.1, -0.05) is 0 Å². The Labute approximate surface area is 197 Å². The smallest absolute Gasteiger partial charge is 0.342 e. The van der Waals surface area contributed by atoms with E-state index in [1.54, 1.807) is 0 Å². The van der Waals surface area contributed by atoms with Crippen LogP contribution in [0.5, 0.6) is 0 Å². The van der Waals surface area contributed by atoms with Gasteiger partial charge in [-0.3, -0.25) is 4.79 Å². The third kappa shape index (κ3) is 4.77. The normalized spacial score (nSPS) is 17.6. The number of nitriles is 1.